The number of carbonyl (C=O) groups is 2. The van der Waals surface area contributed by atoms with Gasteiger partial charge < -0.3 is 22.1 Å². The summed E-state index contributed by atoms with van der Waals surface area (Å²) in [5.41, 5.74) is 19.5. The molecule has 2 amide bonds. The number of benzene rings is 4. The highest BCUT2D eigenvalue weighted by Crippen LogP contribution is 2.37. The molecule has 6 N–H and O–H groups in total. The van der Waals surface area contributed by atoms with Gasteiger partial charge in [-0.2, -0.15) is 0 Å². The highest BCUT2D eigenvalue weighted by molar-refractivity contribution is 6.06. The average Bonchev–Trinajstić information content (AvgIpc) is 3.19. The second-order valence-corrected chi connectivity index (χ2v) is 8.07. The van der Waals surface area contributed by atoms with Crippen molar-refractivity contribution in [3.63, 3.8) is 0 Å². The summed E-state index contributed by atoms with van der Waals surface area (Å²) >= 11 is 0. The lowest BCUT2D eigenvalue weighted by atomic mass is 10.0. The van der Waals surface area contributed by atoms with Crippen LogP contribution in [0.2, 0.25) is 0 Å². The van der Waals surface area contributed by atoms with E-state index in [1.807, 2.05) is 36.4 Å². The number of amides is 2. The largest absolute Gasteiger partial charge is 0.399 e. The van der Waals surface area contributed by atoms with Crippen LogP contribution in [0.4, 0.5) is 22.7 Å². The van der Waals surface area contributed by atoms with E-state index in [9.17, 15) is 9.59 Å². The van der Waals surface area contributed by atoms with E-state index in [4.69, 9.17) is 11.5 Å². The second-order valence-electron chi connectivity index (χ2n) is 8.07. The van der Waals surface area contributed by atoms with Crippen molar-refractivity contribution in [1.82, 2.24) is 0 Å². The van der Waals surface area contributed by atoms with Crippen LogP contribution in [0, 0.1) is 0 Å². The fourth-order valence-corrected chi connectivity index (χ4v) is 4.03. The molecule has 0 bridgehead atoms. The van der Waals surface area contributed by atoms with Gasteiger partial charge in [-0.15, -0.1) is 0 Å². The first kappa shape index (κ1) is 20.3. The number of anilines is 4. The summed E-state index contributed by atoms with van der Waals surface area (Å²) in [5, 5.41) is 5.79. The third-order valence-electron chi connectivity index (χ3n) is 5.74. The molecule has 0 aromatic heterocycles. The zero-order valence-corrected chi connectivity index (χ0v) is 17.8. The number of carbonyl (C=O) groups excluding carboxylic acids is 2. The maximum atomic E-state index is 12.7. The third-order valence-corrected chi connectivity index (χ3v) is 5.74. The van der Waals surface area contributed by atoms with Crippen LogP contribution in [0.3, 0.4) is 0 Å². The number of nitrogens with two attached hydrogens (primary N) is 2. The predicted octanol–water partition coefficient (Wildman–Crippen LogP) is 4.93. The molecule has 4 aromatic carbocycles. The molecule has 0 heterocycles. The zero-order valence-electron chi connectivity index (χ0n) is 17.8. The average molecular weight is 434 g/mol. The highest BCUT2D eigenvalue weighted by atomic mass is 16.2. The first-order valence-corrected chi connectivity index (χ1v) is 10.6. The molecule has 162 valence electrons. The summed E-state index contributed by atoms with van der Waals surface area (Å²) in [6.45, 7) is 0. The Bertz CT molecular complexity index is 1270. The van der Waals surface area contributed by atoms with Gasteiger partial charge in [-0.1, -0.05) is 12.1 Å². The quantitative estimate of drug-likeness (QED) is 0.301. The molecule has 0 atom stereocenters. The molecule has 1 aliphatic carbocycles. The highest BCUT2D eigenvalue weighted by Gasteiger charge is 2.21. The Labute approximate surface area is 191 Å². The molecule has 6 heteroatoms. The van der Waals surface area contributed by atoms with Crippen LogP contribution in [0.15, 0.2) is 84.9 Å². The van der Waals surface area contributed by atoms with E-state index in [0.29, 0.717) is 40.3 Å². The molecule has 0 saturated carbocycles. The van der Waals surface area contributed by atoms with Gasteiger partial charge in [0.25, 0.3) is 11.8 Å². The Morgan fingerprint density at radius 2 is 0.970 bits per heavy atom. The first-order valence-electron chi connectivity index (χ1n) is 10.6. The topological polar surface area (TPSA) is 110 Å². The summed E-state index contributed by atoms with van der Waals surface area (Å²) in [5.74, 6) is -0.357. The van der Waals surface area contributed by atoms with Crippen LogP contribution >= 0.6 is 0 Å². The number of fused-ring (bicyclic) bond motifs is 3. The third kappa shape index (κ3) is 4.14. The van der Waals surface area contributed by atoms with E-state index in [1.54, 1.807) is 48.5 Å². The number of nitrogens with one attached hydrogen (secondary N) is 2. The van der Waals surface area contributed by atoms with Crippen LogP contribution in [0.5, 0.6) is 0 Å². The van der Waals surface area contributed by atoms with Gasteiger partial charge in [0.1, 0.15) is 0 Å². The minimum atomic E-state index is -0.179. The summed E-state index contributed by atoms with van der Waals surface area (Å²) in [6.07, 6.45) is 0.663. The van der Waals surface area contributed by atoms with Gasteiger partial charge in [0.15, 0.2) is 0 Å². The van der Waals surface area contributed by atoms with Gasteiger partial charge in [0, 0.05) is 33.9 Å². The molecule has 0 aliphatic heterocycles. The lowest BCUT2D eigenvalue weighted by molar-refractivity contribution is 0.101. The number of rotatable bonds is 4. The number of hydrogen-bond donors (Lipinski definition) is 4. The molecule has 33 heavy (non-hydrogen) atoms. The Hall–Kier alpha value is -4.58. The minimum absolute atomic E-state index is 0.179. The van der Waals surface area contributed by atoms with E-state index in [-0.39, 0.29) is 11.8 Å². The fourth-order valence-electron chi connectivity index (χ4n) is 4.03. The summed E-state index contributed by atoms with van der Waals surface area (Å²) in [7, 11) is 0. The van der Waals surface area contributed by atoms with Gasteiger partial charge in [-0.05, 0) is 101 Å². The van der Waals surface area contributed by atoms with Gasteiger partial charge in [0.2, 0.25) is 0 Å². The summed E-state index contributed by atoms with van der Waals surface area (Å²) in [6, 6.07) is 25.5. The normalized spacial score (nSPS) is 11.4. The maximum Gasteiger partial charge on any atom is 0.255 e. The number of nitrogen functional groups attached to an aromatic ring is 2. The van der Waals surface area contributed by atoms with Crippen LogP contribution < -0.4 is 22.1 Å². The molecular formula is C27H22N4O2. The molecule has 0 saturated heterocycles. The van der Waals surface area contributed by atoms with Gasteiger partial charge >= 0.3 is 0 Å². The van der Waals surface area contributed by atoms with Crippen molar-refractivity contribution < 1.29 is 9.59 Å². The van der Waals surface area contributed by atoms with Crippen molar-refractivity contribution in [3.05, 3.63) is 107 Å². The zero-order chi connectivity index (χ0) is 22.9. The first-order chi connectivity index (χ1) is 16.0. The van der Waals surface area contributed by atoms with E-state index in [1.165, 1.54) is 0 Å². The molecular weight excluding hydrogens is 412 g/mol. The van der Waals surface area contributed by atoms with Crippen LogP contribution in [0.1, 0.15) is 31.8 Å². The Morgan fingerprint density at radius 3 is 1.36 bits per heavy atom. The van der Waals surface area contributed by atoms with Crippen molar-refractivity contribution in [2.45, 2.75) is 6.42 Å². The molecule has 5 rings (SSSR count). The summed E-state index contributed by atoms with van der Waals surface area (Å²) < 4.78 is 0. The Morgan fingerprint density at radius 1 is 0.576 bits per heavy atom. The van der Waals surface area contributed by atoms with Crippen LogP contribution in [0.25, 0.3) is 11.1 Å². The van der Waals surface area contributed by atoms with Crippen LogP contribution in [-0.4, -0.2) is 11.8 Å². The summed E-state index contributed by atoms with van der Waals surface area (Å²) in [4.78, 5) is 25.4. The fraction of sp³-hybridized carbons (Fsp3) is 0.0370. The van der Waals surface area contributed by atoms with Gasteiger partial charge in [0.05, 0.1) is 0 Å². The minimum Gasteiger partial charge on any atom is -0.399 e. The lowest BCUT2D eigenvalue weighted by Crippen LogP contribution is -2.12. The van der Waals surface area contributed by atoms with E-state index in [0.717, 1.165) is 22.3 Å². The van der Waals surface area contributed by atoms with Gasteiger partial charge in [-0.25, -0.2) is 0 Å². The Balaban J connectivity index is 1.33. The van der Waals surface area contributed by atoms with Gasteiger partial charge in [-0.3, -0.25) is 9.59 Å². The van der Waals surface area contributed by atoms with E-state index in [2.05, 4.69) is 10.6 Å². The van der Waals surface area contributed by atoms with Crippen LogP contribution in [-0.2, 0) is 6.42 Å². The molecule has 4 aromatic rings. The van der Waals surface area contributed by atoms with E-state index >= 15 is 0 Å². The van der Waals surface area contributed by atoms with Crippen molar-refractivity contribution in [2.75, 3.05) is 22.1 Å². The number of hydrogen-bond acceptors (Lipinski definition) is 4. The standard InChI is InChI=1S/C27H22N4O2/c28-20-3-7-22(8-4-20)30-26(32)16-1-11-24-18(13-16)15-19-14-17(2-12-25(19)24)27(33)31-23-9-5-21(29)6-10-23/h1-14H,15,28-29H2,(H,30,32)(H,31,33). The molecule has 1 aliphatic rings. The predicted molar refractivity (Wildman–Crippen MR) is 132 cm³/mol. The molecule has 0 radical (unpaired) electrons. The van der Waals surface area contributed by atoms with Crippen molar-refractivity contribution in [2.24, 2.45) is 0 Å². The molecule has 0 fully saturated rings. The molecule has 6 nitrogen and oxygen atoms in total. The van der Waals surface area contributed by atoms with Crippen molar-refractivity contribution >= 4 is 34.6 Å². The maximum absolute atomic E-state index is 12.7. The lowest BCUT2D eigenvalue weighted by Gasteiger charge is -2.08. The van der Waals surface area contributed by atoms with E-state index < -0.39 is 0 Å². The van der Waals surface area contributed by atoms with Crippen molar-refractivity contribution in [3.8, 4) is 11.1 Å². The van der Waals surface area contributed by atoms with Crippen molar-refractivity contribution in [1.29, 1.82) is 0 Å². The smallest absolute Gasteiger partial charge is 0.255 e. The molecule has 0 spiro atoms. The Kier molecular flexibility index (Phi) is 5.03. The SMILES string of the molecule is Nc1ccc(NC(=O)c2ccc3c(c2)Cc2cc(C(=O)Nc4ccc(N)cc4)ccc2-3)cc1. The monoisotopic (exact) mass is 434 g/mol. The second kappa shape index (κ2) is 8.16. The molecule has 0 unspecified atom stereocenters.